The van der Waals surface area contributed by atoms with Gasteiger partial charge in [0.1, 0.15) is 5.82 Å². The summed E-state index contributed by atoms with van der Waals surface area (Å²) in [7, 11) is -1.06. The molecule has 5 heteroatoms. The van der Waals surface area contributed by atoms with Crippen molar-refractivity contribution >= 4 is 10.8 Å². The van der Waals surface area contributed by atoms with Gasteiger partial charge in [0.15, 0.2) is 0 Å². The lowest BCUT2D eigenvalue weighted by atomic mass is 10.1. The van der Waals surface area contributed by atoms with E-state index in [0.29, 0.717) is 10.9 Å². The Morgan fingerprint density at radius 2 is 2.17 bits per heavy atom. The molecule has 94 valence electrons. The topological polar surface area (TPSA) is 47.8 Å². The molecule has 0 radical (unpaired) electrons. The molecule has 1 aromatic heterocycles. The first-order chi connectivity index (χ1) is 8.79. The Bertz CT molecular complexity index is 579. The van der Waals surface area contributed by atoms with Crippen LogP contribution in [0.2, 0.25) is 0 Å². The van der Waals surface area contributed by atoms with Crippen molar-refractivity contribution in [3.8, 4) is 0 Å². The maximum Gasteiger partial charge on any atom is 0.239 e. The fraction of sp³-hybridized carbons (Fsp3) is 0.385. The fourth-order valence-corrected chi connectivity index (χ4v) is 3.00. The zero-order valence-electron chi connectivity index (χ0n) is 10.2. The molecule has 0 saturated carbocycles. The highest BCUT2D eigenvalue weighted by molar-refractivity contribution is 7.84. The number of aromatic nitrogens is 3. The van der Waals surface area contributed by atoms with E-state index < -0.39 is 10.8 Å². The highest BCUT2D eigenvalue weighted by Crippen LogP contribution is 2.30. The summed E-state index contributed by atoms with van der Waals surface area (Å²) in [6, 6.07) is 10.6. The molecule has 1 aliphatic rings. The first-order valence-corrected chi connectivity index (χ1v) is 7.50. The highest BCUT2D eigenvalue weighted by atomic mass is 32.2. The molecule has 0 amide bonds. The molecule has 1 aromatic carbocycles. The first-order valence-electron chi connectivity index (χ1n) is 6.18. The van der Waals surface area contributed by atoms with Crippen molar-refractivity contribution in [2.75, 3.05) is 5.75 Å². The highest BCUT2D eigenvalue weighted by Gasteiger charge is 2.27. The van der Waals surface area contributed by atoms with E-state index in [2.05, 4.69) is 22.2 Å². The van der Waals surface area contributed by atoms with Crippen LogP contribution in [-0.4, -0.2) is 24.7 Å². The van der Waals surface area contributed by atoms with Crippen molar-refractivity contribution < 1.29 is 4.21 Å². The minimum absolute atomic E-state index is 0.247. The molecular formula is C13H15N3OS. The Labute approximate surface area is 109 Å². The van der Waals surface area contributed by atoms with Crippen molar-refractivity contribution in [2.45, 2.75) is 31.0 Å². The maximum atomic E-state index is 11.7. The van der Waals surface area contributed by atoms with Crippen LogP contribution in [0.25, 0.3) is 0 Å². The van der Waals surface area contributed by atoms with E-state index in [0.717, 1.165) is 18.7 Å². The Balaban J connectivity index is 1.97. The second-order valence-corrected chi connectivity index (χ2v) is 5.99. The van der Waals surface area contributed by atoms with Crippen molar-refractivity contribution in [2.24, 2.45) is 0 Å². The molecule has 0 spiro atoms. The number of fused-ring (bicyclic) bond motifs is 1. The molecule has 0 aliphatic carbocycles. The Morgan fingerprint density at radius 3 is 2.89 bits per heavy atom. The second-order valence-electron chi connectivity index (χ2n) is 4.35. The molecule has 4 nitrogen and oxygen atoms in total. The number of nitrogens with zero attached hydrogens (tertiary/aromatic N) is 3. The Morgan fingerprint density at radius 1 is 1.39 bits per heavy atom. The van der Waals surface area contributed by atoms with Crippen LogP contribution >= 0.6 is 0 Å². The lowest BCUT2D eigenvalue weighted by Gasteiger charge is -2.11. The number of hydrogen-bond donors (Lipinski definition) is 0. The van der Waals surface area contributed by atoms with Gasteiger partial charge in [-0.15, -0.1) is 5.10 Å². The second kappa shape index (κ2) is 4.65. The van der Waals surface area contributed by atoms with Gasteiger partial charge in [0.25, 0.3) is 0 Å². The predicted octanol–water partition coefficient (Wildman–Crippen LogP) is 1.94. The lowest BCUT2D eigenvalue weighted by molar-refractivity contribution is 0.540. The number of aryl methyl sites for hydroxylation is 1. The smallest absolute Gasteiger partial charge is 0.239 e. The summed E-state index contributed by atoms with van der Waals surface area (Å²) >= 11 is 0. The summed E-state index contributed by atoms with van der Waals surface area (Å²) in [6.07, 6.45) is 1.94. The summed E-state index contributed by atoms with van der Waals surface area (Å²) < 4.78 is 13.7. The lowest BCUT2D eigenvalue weighted by Crippen LogP contribution is -2.08. The van der Waals surface area contributed by atoms with Crippen LogP contribution in [0.5, 0.6) is 0 Å². The van der Waals surface area contributed by atoms with Crippen LogP contribution in [0, 0.1) is 0 Å². The van der Waals surface area contributed by atoms with Gasteiger partial charge in [0.2, 0.25) is 5.16 Å². The van der Waals surface area contributed by atoms with Crippen LogP contribution in [0.3, 0.4) is 0 Å². The van der Waals surface area contributed by atoms with Crippen LogP contribution in [0.1, 0.15) is 30.8 Å². The van der Waals surface area contributed by atoms with Gasteiger partial charge < -0.3 is 0 Å². The third-order valence-corrected chi connectivity index (χ3v) is 4.37. The summed E-state index contributed by atoms with van der Waals surface area (Å²) in [4.78, 5) is 4.39. The van der Waals surface area contributed by atoms with Gasteiger partial charge in [0, 0.05) is 12.2 Å². The molecule has 0 saturated heterocycles. The van der Waals surface area contributed by atoms with Crippen molar-refractivity contribution in [1.29, 1.82) is 0 Å². The van der Waals surface area contributed by atoms with Crippen LogP contribution in [0.4, 0.5) is 0 Å². The van der Waals surface area contributed by atoms with Crippen molar-refractivity contribution in [1.82, 2.24) is 14.8 Å². The van der Waals surface area contributed by atoms with Gasteiger partial charge in [-0.1, -0.05) is 37.3 Å². The molecule has 2 aromatic rings. The minimum Gasteiger partial charge on any atom is -0.251 e. The minimum atomic E-state index is -1.06. The van der Waals surface area contributed by atoms with Gasteiger partial charge in [-0.2, -0.15) is 0 Å². The third kappa shape index (κ3) is 1.88. The van der Waals surface area contributed by atoms with E-state index in [9.17, 15) is 4.21 Å². The van der Waals surface area contributed by atoms with Gasteiger partial charge in [-0.25, -0.2) is 9.67 Å². The Hall–Kier alpha value is -1.49. The molecule has 1 aliphatic heterocycles. The molecule has 2 heterocycles. The monoisotopic (exact) mass is 261 g/mol. The number of rotatable bonds is 3. The van der Waals surface area contributed by atoms with E-state index in [1.165, 1.54) is 5.56 Å². The standard InChI is InChI=1S/C13H15N3OS/c1-2-18(17)13-14-12-9-8-11(16(12)15-13)10-6-4-3-5-7-10/h3-7,11H,2,8-9H2,1H3/t11-,18?/m0/s1. The van der Waals surface area contributed by atoms with E-state index in [4.69, 9.17) is 0 Å². The average molecular weight is 261 g/mol. The first kappa shape index (κ1) is 11.6. The van der Waals surface area contributed by atoms with Gasteiger partial charge in [-0.05, 0) is 12.0 Å². The van der Waals surface area contributed by atoms with Crippen LogP contribution in [0.15, 0.2) is 35.5 Å². The van der Waals surface area contributed by atoms with E-state index in [1.54, 1.807) is 0 Å². The van der Waals surface area contributed by atoms with Crippen molar-refractivity contribution in [3.63, 3.8) is 0 Å². The largest absolute Gasteiger partial charge is 0.251 e. The molecule has 0 bridgehead atoms. The molecule has 18 heavy (non-hydrogen) atoms. The fourth-order valence-electron chi connectivity index (χ4n) is 2.35. The van der Waals surface area contributed by atoms with Crippen LogP contribution < -0.4 is 0 Å². The summed E-state index contributed by atoms with van der Waals surface area (Å²) in [5.74, 6) is 1.53. The zero-order valence-corrected chi connectivity index (χ0v) is 11.1. The quantitative estimate of drug-likeness (QED) is 0.848. The molecular weight excluding hydrogens is 246 g/mol. The van der Waals surface area contributed by atoms with E-state index in [1.807, 2.05) is 29.8 Å². The van der Waals surface area contributed by atoms with E-state index >= 15 is 0 Å². The molecule has 0 fully saturated rings. The zero-order chi connectivity index (χ0) is 12.5. The third-order valence-electron chi connectivity index (χ3n) is 3.27. The van der Waals surface area contributed by atoms with Gasteiger partial charge in [-0.3, -0.25) is 4.21 Å². The molecule has 2 atom stereocenters. The average Bonchev–Trinajstić information content (AvgIpc) is 2.98. The maximum absolute atomic E-state index is 11.7. The normalized spacial score (nSPS) is 19.7. The SMILES string of the molecule is CCS(=O)c1nc2n(n1)[C@H](c1ccccc1)CC2. The number of hydrogen-bond acceptors (Lipinski definition) is 3. The molecule has 1 unspecified atom stereocenters. The Kier molecular flexibility index (Phi) is 2.99. The van der Waals surface area contributed by atoms with Gasteiger partial charge >= 0.3 is 0 Å². The number of benzene rings is 1. The van der Waals surface area contributed by atoms with Gasteiger partial charge in [0.05, 0.1) is 16.8 Å². The summed E-state index contributed by atoms with van der Waals surface area (Å²) in [6.45, 7) is 1.89. The van der Waals surface area contributed by atoms with Crippen LogP contribution in [-0.2, 0) is 17.2 Å². The predicted molar refractivity (Wildman–Crippen MR) is 69.9 cm³/mol. The van der Waals surface area contributed by atoms with Crippen molar-refractivity contribution in [3.05, 3.63) is 41.7 Å². The van der Waals surface area contributed by atoms with E-state index in [-0.39, 0.29) is 6.04 Å². The summed E-state index contributed by atoms with van der Waals surface area (Å²) in [5.41, 5.74) is 1.25. The molecule has 3 rings (SSSR count). The molecule has 0 N–H and O–H groups in total. The summed E-state index contributed by atoms with van der Waals surface area (Å²) in [5, 5.41) is 4.90.